The molecule has 1 atom stereocenters. The van der Waals surface area contributed by atoms with E-state index in [0.717, 1.165) is 82.8 Å². The Morgan fingerprint density at radius 2 is 1.93 bits per heavy atom. The number of aryl methyl sites for hydroxylation is 1. The highest BCUT2D eigenvalue weighted by molar-refractivity contribution is 5.56. The number of nitrogens with zero attached hydrogens (tertiary/aromatic N) is 5. The molecule has 3 fully saturated rings. The minimum Gasteiger partial charge on any atom is -0.392 e. The standard InChI is InChI=1S/C22H33N5O2/c1-16-17(2)24-20-3-8-23-27(20)21(16)25-9-6-22(7-10-25)13-19(28)14-26(15-22)18-4-11-29-12-5-18/h3,8,18-19,28H,4-7,9-15H2,1-2H3. The average Bonchev–Trinajstić information content (AvgIpc) is 3.18. The molecule has 5 heterocycles. The van der Waals surface area contributed by atoms with Gasteiger partial charge in [-0.1, -0.05) is 0 Å². The summed E-state index contributed by atoms with van der Waals surface area (Å²) in [6.07, 6.45) is 7.00. The van der Waals surface area contributed by atoms with Gasteiger partial charge in [-0.15, -0.1) is 0 Å². The maximum absolute atomic E-state index is 10.7. The van der Waals surface area contributed by atoms with E-state index in [1.807, 2.05) is 16.8 Å². The van der Waals surface area contributed by atoms with E-state index < -0.39 is 0 Å². The Balaban J connectivity index is 1.34. The van der Waals surface area contributed by atoms with Gasteiger partial charge in [-0.25, -0.2) is 4.98 Å². The largest absolute Gasteiger partial charge is 0.392 e. The van der Waals surface area contributed by atoms with Crippen LogP contribution in [0.15, 0.2) is 12.3 Å². The fourth-order valence-electron chi connectivity index (χ4n) is 5.77. The van der Waals surface area contributed by atoms with E-state index in [0.29, 0.717) is 6.04 Å². The summed E-state index contributed by atoms with van der Waals surface area (Å²) in [6, 6.07) is 2.55. The summed E-state index contributed by atoms with van der Waals surface area (Å²) in [7, 11) is 0. The summed E-state index contributed by atoms with van der Waals surface area (Å²) in [5, 5.41) is 15.2. The van der Waals surface area contributed by atoms with Crippen molar-refractivity contribution in [2.24, 2.45) is 5.41 Å². The number of ether oxygens (including phenoxy) is 1. The van der Waals surface area contributed by atoms with Crippen molar-refractivity contribution < 1.29 is 9.84 Å². The van der Waals surface area contributed by atoms with Gasteiger partial charge in [-0.2, -0.15) is 9.61 Å². The van der Waals surface area contributed by atoms with Crippen molar-refractivity contribution in [3.63, 3.8) is 0 Å². The van der Waals surface area contributed by atoms with Gasteiger partial charge in [0.05, 0.1) is 12.3 Å². The van der Waals surface area contributed by atoms with Crippen molar-refractivity contribution in [2.45, 2.75) is 58.1 Å². The summed E-state index contributed by atoms with van der Waals surface area (Å²) >= 11 is 0. The molecule has 0 aliphatic carbocycles. The monoisotopic (exact) mass is 399 g/mol. The lowest BCUT2D eigenvalue weighted by atomic mass is 9.71. The number of β-amino-alcohol motifs (C(OH)–C–C–N with tert-alkyl or cyclic N) is 1. The van der Waals surface area contributed by atoms with Gasteiger partial charge < -0.3 is 14.7 Å². The zero-order chi connectivity index (χ0) is 20.0. The van der Waals surface area contributed by atoms with E-state index in [1.165, 1.54) is 11.4 Å². The SMILES string of the molecule is Cc1nc2ccnn2c(N2CCC3(CC2)CC(O)CN(C2CCOCC2)C3)c1C. The summed E-state index contributed by atoms with van der Waals surface area (Å²) in [5.74, 6) is 1.19. The van der Waals surface area contributed by atoms with Crippen LogP contribution in [0.3, 0.4) is 0 Å². The lowest BCUT2D eigenvalue weighted by molar-refractivity contribution is -0.0602. The van der Waals surface area contributed by atoms with E-state index in [4.69, 9.17) is 4.74 Å². The van der Waals surface area contributed by atoms with Crippen LogP contribution in [0.4, 0.5) is 5.82 Å². The summed E-state index contributed by atoms with van der Waals surface area (Å²) in [5.41, 5.74) is 3.44. The molecule has 29 heavy (non-hydrogen) atoms. The number of aliphatic hydroxyl groups is 1. The normalized spacial score (nSPS) is 26.4. The Morgan fingerprint density at radius 3 is 2.69 bits per heavy atom. The maximum Gasteiger partial charge on any atom is 0.157 e. The smallest absolute Gasteiger partial charge is 0.157 e. The quantitative estimate of drug-likeness (QED) is 0.835. The second-order valence-electron chi connectivity index (χ2n) is 9.37. The molecule has 7 nitrogen and oxygen atoms in total. The Kier molecular flexibility index (Phi) is 5.00. The van der Waals surface area contributed by atoms with Gasteiger partial charge >= 0.3 is 0 Å². The molecule has 1 unspecified atom stereocenters. The molecule has 0 aromatic carbocycles. The number of piperidine rings is 2. The van der Waals surface area contributed by atoms with Gasteiger partial charge in [0, 0.05) is 62.8 Å². The molecule has 0 bridgehead atoms. The van der Waals surface area contributed by atoms with Crippen LogP contribution in [-0.2, 0) is 4.74 Å². The minimum absolute atomic E-state index is 0.208. The van der Waals surface area contributed by atoms with Crippen LogP contribution in [0.25, 0.3) is 5.65 Å². The van der Waals surface area contributed by atoms with Gasteiger partial charge in [-0.3, -0.25) is 4.90 Å². The van der Waals surface area contributed by atoms with Gasteiger partial charge in [-0.05, 0) is 51.4 Å². The first kappa shape index (κ1) is 19.3. The number of aliphatic hydroxyl groups excluding tert-OH is 1. The van der Waals surface area contributed by atoms with E-state index >= 15 is 0 Å². The van der Waals surface area contributed by atoms with Crippen LogP contribution < -0.4 is 4.90 Å². The molecule has 7 heteroatoms. The number of likely N-dealkylation sites (tertiary alicyclic amines) is 1. The number of rotatable bonds is 2. The minimum atomic E-state index is -0.208. The molecule has 2 aromatic rings. The number of hydrogen-bond donors (Lipinski definition) is 1. The van der Waals surface area contributed by atoms with Crippen LogP contribution in [0.5, 0.6) is 0 Å². The average molecular weight is 400 g/mol. The second-order valence-corrected chi connectivity index (χ2v) is 9.37. The molecule has 5 rings (SSSR count). The van der Waals surface area contributed by atoms with Crippen LogP contribution >= 0.6 is 0 Å². The third-order valence-corrected chi connectivity index (χ3v) is 7.47. The molecular weight excluding hydrogens is 366 g/mol. The van der Waals surface area contributed by atoms with Crippen molar-refractivity contribution in [1.29, 1.82) is 0 Å². The highest BCUT2D eigenvalue weighted by Crippen LogP contribution is 2.42. The molecule has 158 valence electrons. The fraction of sp³-hybridized carbons (Fsp3) is 0.727. The Bertz CT molecular complexity index is 867. The first-order chi connectivity index (χ1) is 14.0. The number of aromatic nitrogens is 3. The lowest BCUT2D eigenvalue weighted by Crippen LogP contribution is -2.57. The topological polar surface area (TPSA) is 66.1 Å². The van der Waals surface area contributed by atoms with E-state index in [-0.39, 0.29) is 11.5 Å². The third kappa shape index (κ3) is 3.53. The molecule has 3 aliphatic heterocycles. The van der Waals surface area contributed by atoms with Gasteiger partial charge in [0.15, 0.2) is 5.65 Å². The summed E-state index contributed by atoms with van der Waals surface area (Å²) < 4.78 is 7.55. The van der Waals surface area contributed by atoms with Crippen LogP contribution in [0.1, 0.15) is 43.4 Å². The zero-order valence-corrected chi connectivity index (χ0v) is 17.7. The molecule has 1 N–H and O–H groups in total. The first-order valence-electron chi connectivity index (χ1n) is 11.1. The van der Waals surface area contributed by atoms with Crippen molar-refractivity contribution >= 4 is 11.5 Å². The lowest BCUT2D eigenvalue weighted by Gasteiger charge is -2.51. The summed E-state index contributed by atoms with van der Waals surface area (Å²) in [6.45, 7) is 9.92. The van der Waals surface area contributed by atoms with E-state index in [2.05, 4.69) is 33.7 Å². The molecule has 3 aliphatic rings. The second kappa shape index (κ2) is 7.52. The van der Waals surface area contributed by atoms with Crippen molar-refractivity contribution in [2.75, 3.05) is 44.3 Å². The first-order valence-corrected chi connectivity index (χ1v) is 11.1. The molecule has 0 amide bonds. The molecule has 2 aromatic heterocycles. The third-order valence-electron chi connectivity index (χ3n) is 7.47. The Morgan fingerprint density at radius 1 is 1.17 bits per heavy atom. The van der Waals surface area contributed by atoms with Crippen LogP contribution in [0.2, 0.25) is 0 Å². The van der Waals surface area contributed by atoms with Gasteiger partial charge in [0.1, 0.15) is 5.82 Å². The van der Waals surface area contributed by atoms with E-state index in [9.17, 15) is 5.11 Å². The van der Waals surface area contributed by atoms with Crippen LogP contribution in [-0.4, -0.2) is 76.1 Å². The zero-order valence-electron chi connectivity index (χ0n) is 17.7. The van der Waals surface area contributed by atoms with Crippen molar-refractivity contribution in [1.82, 2.24) is 19.5 Å². The molecule has 1 spiro atoms. The predicted octanol–water partition coefficient (Wildman–Crippen LogP) is 2.18. The van der Waals surface area contributed by atoms with Crippen LogP contribution in [0, 0.1) is 19.3 Å². The van der Waals surface area contributed by atoms with Crippen molar-refractivity contribution in [3.05, 3.63) is 23.5 Å². The number of hydrogen-bond acceptors (Lipinski definition) is 6. The Hall–Kier alpha value is -1.70. The molecule has 0 radical (unpaired) electrons. The fourth-order valence-corrected chi connectivity index (χ4v) is 5.77. The highest BCUT2D eigenvalue weighted by Gasteiger charge is 2.43. The number of fused-ring (bicyclic) bond motifs is 1. The number of anilines is 1. The molecule has 3 saturated heterocycles. The predicted molar refractivity (Wildman–Crippen MR) is 112 cm³/mol. The summed E-state index contributed by atoms with van der Waals surface area (Å²) in [4.78, 5) is 9.72. The molecule has 0 saturated carbocycles. The van der Waals surface area contributed by atoms with Crippen molar-refractivity contribution in [3.8, 4) is 0 Å². The Labute approximate surface area is 172 Å². The molecular formula is C22H33N5O2. The maximum atomic E-state index is 10.7. The van der Waals surface area contributed by atoms with E-state index in [1.54, 1.807) is 0 Å². The van der Waals surface area contributed by atoms with Gasteiger partial charge in [0.2, 0.25) is 0 Å². The highest BCUT2D eigenvalue weighted by atomic mass is 16.5. The van der Waals surface area contributed by atoms with Gasteiger partial charge in [0.25, 0.3) is 0 Å².